The van der Waals surface area contributed by atoms with Crippen molar-refractivity contribution < 1.29 is 9.84 Å². The third kappa shape index (κ3) is 4.58. The van der Waals surface area contributed by atoms with E-state index in [0.29, 0.717) is 6.54 Å². The van der Waals surface area contributed by atoms with Gasteiger partial charge in [-0.15, -0.1) is 0 Å². The Kier molecular flexibility index (Phi) is 5.19. The van der Waals surface area contributed by atoms with Gasteiger partial charge in [-0.2, -0.15) is 0 Å². The molecule has 0 radical (unpaired) electrons. The van der Waals surface area contributed by atoms with Crippen molar-refractivity contribution in [1.82, 2.24) is 5.32 Å². The van der Waals surface area contributed by atoms with Gasteiger partial charge in [0.25, 0.3) is 0 Å². The molecule has 2 N–H and O–H groups in total. The standard InChI is InChI=1S/C17H27NO2/c1-17(2,3)10-14(19)11-18-12-16-15-7-5-4-6-13(15)8-9-20-16/h4-7,14,16,18-19H,8-12H2,1-3H3. The van der Waals surface area contributed by atoms with E-state index in [-0.39, 0.29) is 17.6 Å². The topological polar surface area (TPSA) is 41.5 Å². The van der Waals surface area contributed by atoms with Crippen LogP contribution in [0.15, 0.2) is 24.3 Å². The third-order valence-electron chi connectivity index (χ3n) is 3.65. The summed E-state index contributed by atoms with van der Waals surface area (Å²) in [4.78, 5) is 0. The first-order chi connectivity index (χ1) is 9.46. The second kappa shape index (κ2) is 6.70. The van der Waals surface area contributed by atoms with Gasteiger partial charge in [-0.3, -0.25) is 0 Å². The fourth-order valence-corrected chi connectivity index (χ4v) is 2.81. The van der Waals surface area contributed by atoms with Gasteiger partial charge in [-0.05, 0) is 29.4 Å². The molecule has 1 aliphatic heterocycles. The lowest BCUT2D eigenvalue weighted by Crippen LogP contribution is -2.34. The Hall–Kier alpha value is -0.900. The Bertz CT molecular complexity index is 425. The van der Waals surface area contributed by atoms with Crippen LogP contribution < -0.4 is 5.32 Å². The number of hydrogen-bond donors (Lipinski definition) is 2. The Balaban J connectivity index is 1.81. The molecule has 2 unspecified atom stereocenters. The maximum atomic E-state index is 10.0. The van der Waals surface area contributed by atoms with Gasteiger partial charge in [-0.1, -0.05) is 45.0 Å². The summed E-state index contributed by atoms with van der Waals surface area (Å²) in [5, 5.41) is 13.3. The molecule has 0 saturated carbocycles. The summed E-state index contributed by atoms with van der Waals surface area (Å²) in [7, 11) is 0. The van der Waals surface area contributed by atoms with Gasteiger partial charge in [0.2, 0.25) is 0 Å². The zero-order chi connectivity index (χ0) is 14.6. The van der Waals surface area contributed by atoms with Gasteiger partial charge >= 0.3 is 0 Å². The first-order valence-corrected chi connectivity index (χ1v) is 7.54. The van der Waals surface area contributed by atoms with Crippen LogP contribution in [0.4, 0.5) is 0 Å². The Morgan fingerprint density at radius 3 is 2.85 bits per heavy atom. The molecule has 3 heteroatoms. The van der Waals surface area contributed by atoms with Crippen LogP contribution in [0.1, 0.15) is 44.4 Å². The Labute approximate surface area is 122 Å². The number of aliphatic hydroxyl groups excluding tert-OH is 1. The van der Waals surface area contributed by atoms with Gasteiger partial charge in [0.15, 0.2) is 0 Å². The largest absolute Gasteiger partial charge is 0.392 e. The molecule has 0 aromatic heterocycles. The summed E-state index contributed by atoms with van der Waals surface area (Å²) in [5.41, 5.74) is 2.84. The van der Waals surface area contributed by atoms with Crippen LogP contribution in [0.5, 0.6) is 0 Å². The number of aliphatic hydroxyl groups is 1. The number of rotatable bonds is 5. The van der Waals surface area contributed by atoms with Gasteiger partial charge in [-0.25, -0.2) is 0 Å². The van der Waals surface area contributed by atoms with Crippen molar-refractivity contribution in [3.05, 3.63) is 35.4 Å². The smallest absolute Gasteiger partial charge is 0.0952 e. The van der Waals surface area contributed by atoms with Crippen molar-refractivity contribution >= 4 is 0 Å². The van der Waals surface area contributed by atoms with Crippen LogP contribution in [-0.2, 0) is 11.2 Å². The predicted octanol–water partition coefficient (Wildman–Crippen LogP) is 2.69. The summed E-state index contributed by atoms with van der Waals surface area (Å²) >= 11 is 0. The van der Waals surface area contributed by atoms with Crippen LogP contribution in [0.2, 0.25) is 0 Å². The maximum Gasteiger partial charge on any atom is 0.0952 e. The van der Waals surface area contributed by atoms with Crippen molar-refractivity contribution in [3.63, 3.8) is 0 Å². The molecule has 1 aromatic carbocycles. The average Bonchev–Trinajstić information content (AvgIpc) is 2.37. The van der Waals surface area contributed by atoms with E-state index in [4.69, 9.17) is 4.74 Å². The molecule has 1 aromatic rings. The van der Waals surface area contributed by atoms with E-state index in [0.717, 1.165) is 26.0 Å². The summed E-state index contributed by atoms with van der Waals surface area (Å²) < 4.78 is 5.84. The highest BCUT2D eigenvalue weighted by molar-refractivity contribution is 5.31. The summed E-state index contributed by atoms with van der Waals surface area (Å²) in [6.07, 6.45) is 1.62. The average molecular weight is 277 g/mol. The zero-order valence-corrected chi connectivity index (χ0v) is 12.9. The second-order valence-corrected chi connectivity index (χ2v) is 6.89. The van der Waals surface area contributed by atoms with Gasteiger partial charge in [0, 0.05) is 13.1 Å². The zero-order valence-electron chi connectivity index (χ0n) is 12.9. The Morgan fingerprint density at radius 2 is 2.10 bits per heavy atom. The molecule has 2 atom stereocenters. The van der Waals surface area contributed by atoms with E-state index in [2.05, 4.69) is 50.4 Å². The Morgan fingerprint density at radius 1 is 1.35 bits per heavy atom. The monoisotopic (exact) mass is 277 g/mol. The lowest BCUT2D eigenvalue weighted by atomic mass is 9.89. The highest BCUT2D eigenvalue weighted by atomic mass is 16.5. The molecule has 0 amide bonds. The highest BCUT2D eigenvalue weighted by Crippen LogP contribution is 2.26. The minimum absolute atomic E-state index is 0.113. The molecule has 2 rings (SSSR count). The van der Waals surface area contributed by atoms with E-state index in [1.807, 2.05) is 0 Å². The molecule has 0 spiro atoms. The SMILES string of the molecule is CC(C)(C)CC(O)CNCC1OCCc2ccccc21. The molecule has 1 aliphatic rings. The van der Waals surface area contributed by atoms with Gasteiger partial charge in [0.05, 0.1) is 18.8 Å². The molecule has 20 heavy (non-hydrogen) atoms. The van der Waals surface area contributed by atoms with E-state index < -0.39 is 0 Å². The van der Waals surface area contributed by atoms with Gasteiger partial charge in [0.1, 0.15) is 0 Å². The minimum Gasteiger partial charge on any atom is -0.392 e. The lowest BCUT2D eigenvalue weighted by molar-refractivity contribution is 0.0386. The molecule has 0 aliphatic carbocycles. The van der Waals surface area contributed by atoms with E-state index in [1.165, 1.54) is 11.1 Å². The van der Waals surface area contributed by atoms with Crippen LogP contribution in [0.25, 0.3) is 0 Å². The van der Waals surface area contributed by atoms with Crippen molar-refractivity contribution in [2.75, 3.05) is 19.7 Å². The number of nitrogens with one attached hydrogen (secondary N) is 1. The van der Waals surface area contributed by atoms with Crippen LogP contribution in [0.3, 0.4) is 0 Å². The van der Waals surface area contributed by atoms with E-state index in [1.54, 1.807) is 0 Å². The van der Waals surface area contributed by atoms with Crippen molar-refractivity contribution in [3.8, 4) is 0 Å². The van der Waals surface area contributed by atoms with Crippen LogP contribution in [0, 0.1) is 5.41 Å². The molecular formula is C17H27NO2. The normalized spacial score (nSPS) is 20.5. The third-order valence-corrected chi connectivity index (χ3v) is 3.65. The van der Waals surface area contributed by atoms with E-state index >= 15 is 0 Å². The van der Waals surface area contributed by atoms with E-state index in [9.17, 15) is 5.11 Å². The quantitative estimate of drug-likeness (QED) is 0.869. The number of benzene rings is 1. The molecule has 0 bridgehead atoms. The number of hydrogen-bond acceptors (Lipinski definition) is 3. The first-order valence-electron chi connectivity index (χ1n) is 7.54. The molecule has 112 valence electrons. The summed E-state index contributed by atoms with van der Waals surface area (Å²) in [6, 6.07) is 8.47. The van der Waals surface area contributed by atoms with Crippen LogP contribution in [-0.4, -0.2) is 30.9 Å². The molecule has 0 saturated heterocycles. The second-order valence-electron chi connectivity index (χ2n) is 6.89. The fourth-order valence-electron chi connectivity index (χ4n) is 2.81. The van der Waals surface area contributed by atoms with Crippen molar-refractivity contribution in [1.29, 1.82) is 0 Å². The molecule has 1 heterocycles. The first kappa shape index (κ1) is 15.5. The number of ether oxygens (including phenoxy) is 1. The predicted molar refractivity (Wildman–Crippen MR) is 81.8 cm³/mol. The lowest BCUT2D eigenvalue weighted by Gasteiger charge is -2.27. The number of fused-ring (bicyclic) bond motifs is 1. The minimum atomic E-state index is -0.297. The molecule has 3 nitrogen and oxygen atoms in total. The summed E-state index contributed by atoms with van der Waals surface area (Å²) in [5.74, 6) is 0. The fraction of sp³-hybridized carbons (Fsp3) is 0.647. The molecular weight excluding hydrogens is 250 g/mol. The van der Waals surface area contributed by atoms with Crippen molar-refractivity contribution in [2.45, 2.75) is 45.8 Å². The van der Waals surface area contributed by atoms with Crippen LogP contribution >= 0.6 is 0 Å². The summed E-state index contributed by atoms with van der Waals surface area (Å²) in [6.45, 7) is 8.62. The van der Waals surface area contributed by atoms with Gasteiger partial charge < -0.3 is 15.2 Å². The highest BCUT2D eigenvalue weighted by Gasteiger charge is 2.21. The maximum absolute atomic E-state index is 10.0. The van der Waals surface area contributed by atoms with Crippen molar-refractivity contribution in [2.24, 2.45) is 5.41 Å². The molecule has 0 fully saturated rings.